The molecule has 4 N–H and O–H groups in total. The van der Waals surface area contributed by atoms with E-state index in [9.17, 15) is 44.1 Å². The van der Waals surface area contributed by atoms with E-state index >= 15 is 0 Å². The molecular formula is C39H55NO12. The number of hydrogen-bond acceptors (Lipinski definition) is 10. The van der Waals surface area contributed by atoms with Gasteiger partial charge in [-0.25, -0.2) is 9.59 Å². The largest absolute Gasteiger partial charge is 0.481 e. The van der Waals surface area contributed by atoms with Gasteiger partial charge in [-0.15, -0.1) is 5.92 Å². The summed E-state index contributed by atoms with van der Waals surface area (Å²) in [4.78, 5) is 74.3. The molecule has 0 aromatic heterocycles. The number of allylic oxidation sites excluding steroid dienone is 1. The highest BCUT2D eigenvalue weighted by atomic mass is 16.7. The lowest BCUT2D eigenvalue weighted by molar-refractivity contribution is -0.185. The number of ether oxygens (including phenoxy) is 3. The van der Waals surface area contributed by atoms with E-state index in [4.69, 9.17) is 14.2 Å². The Balaban J connectivity index is 3.09. The number of esters is 2. The summed E-state index contributed by atoms with van der Waals surface area (Å²) in [6.07, 6.45) is 9.69. The van der Waals surface area contributed by atoms with Crippen LogP contribution in [0.4, 0.5) is 0 Å². The van der Waals surface area contributed by atoms with E-state index in [0.29, 0.717) is 37.0 Å². The Hall–Kier alpha value is -4.70. The van der Waals surface area contributed by atoms with Gasteiger partial charge in [0.25, 0.3) is 0 Å². The number of aliphatic carboxylic acids is 2. The molecule has 52 heavy (non-hydrogen) atoms. The van der Waals surface area contributed by atoms with Crippen LogP contribution in [0, 0.1) is 17.8 Å². The summed E-state index contributed by atoms with van der Waals surface area (Å²) in [7, 11) is 0. The SMILES string of the molecule is CC#CCOc1ccc(C[C@H](NC(=O)[C@@H](C=CCCCCCCC(=O)CCCCCCC)[C@@](O)(CC(=O)O)C(=O)O)C(=O)OC(C)OC(C)=O)cc1. The number of rotatable bonds is 27. The number of carboxylic acid groups (broad SMARTS) is 2. The number of nitrogens with one attached hydrogen (secondary N) is 1. The number of amides is 1. The summed E-state index contributed by atoms with van der Waals surface area (Å²) in [5.74, 6) is -2.21. The molecule has 0 aliphatic carbocycles. The second kappa shape index (κ2) is 25.3. The molecule has 0 bridgehead atoms. The van der Waals surface area contributed by atoms with Crippen molar-refractivity contribution in [3.8, 4) is 17.6 Å². The van der Waals surface area contributed by atoms with E-state index in [0.717, 1.165) is 57.9 Å². The molecule has 0 fully saturated rings. The number of carbonyl (C=O) groups excluding carboxylic acids is 4. The second-order valence-corrected chi connectivity index (χ2v) is 12.6. The van der Waals surface area contributed by atoms with Gasteiger partial charge in [0.1, 0.15) is 24.2 Å². The standard InChI is InChI=1S/C39H55NO12/c1-5-7-9-12-15-18-31(42)19-16-13-10-11-14-17-20-33(39(49,38(47)48)27-35(43)44)36(45)40-34(37(46)52-29(4)51-28(3)41)26-30-21-23-32(24-22-30)50-25-8-6-2/h17,20-24,29,33-34,49H,5,7,9-16,18-19,25-27H2,1-4H3,(H,40,45)(H,43,44)(H,47,48)/t29?,33-,34+,39+/m1/s1. The summed E-state index contributed by atoms with van der Waals surface area (Å²) < 4.78 is 15.6. The first-order valence-electron chi connectivity index (χ1n) is 17.9. The first-order chi connectivity index (χ1) is 24.7. The van der Waals surface area contributed by atoms with Crippen LogP contribution in [0.1, 0.15) is 117 Å². The Morgan fingerprint density at radius 3 is 2.08 bits per heavy atom. The Morgan fingerprint density at radius 1 is 0.904 bits per heavy atom. The topological polar surface area (TPSA) is 203 Å². The highest BCUT2D eigenvalue weighted by molar-refractivity contribution is 5.95. The van der Waals surface area contributed by atoms with Crippen molar-refractivity contribution in [2.24, 2.45) is 5.92 Å². The van der Waals surface area contributed by atoms with E-state index < -0.39 is 60.1 Å². The third-order valence-corrected chi connectivity index (χ3v) is 8.12. The van der Waals surface area contributed by atoms with E-state index in [-0.39, 0.29) is 18.8 Å². The number of carboxylic acids is 2. The fraction of sp³-hybridized carbons (Fsp3) is 0.590. The Labute approximate surface area is 306 Å². The van der Waals surface area contributed by atoms with E-state index in [1.165, 1.54) is 19.4 Å². The van der Waals surface area contributed by atoms with Gasteiger partial charge in [0, 0.05) is 33.1 Å². The van der Waals surface area contributed by atoms with Crippen molar-refractivity contribution in [1.82, 2.24) is 5.32 Å². The van der Waals surface area contributed by atoms with Crippen molar-refractivity contribution >= 4 is 35.6 Å². The average Bonchev–Trinajstić information content (AvgIpc) is 3.07. The minimum atomic E-state index is -3.07. The van der Waals surface area contributed by atoms with Crippen LogP contribution in [0.25, 0.3) is 0 Å². The van der Waals surface area contributed by atoms with Crippen LogP contribution in [-0.2, 0) is 44.7 Å². The molecule has 1 rings (SSSR count). The predicted octanol–water partition coefficient (Wildman–Crippen LogP) is 5.30. The zero-order valence-electron chi connectivity index (χ0n) is 30.8. The number of Topliss-reactive ketones (excluding diaryl/α,β-unsaturated/α-hetero) is 1. The van der Waals surface area contributed by atoms with Crippen molar-refractivity contribution in [3.63, 3.8) is 0 Å². The molecule has 0 saturated heterocycles. The number of benzene rings is 1. The Bertz CT molecular complexity index is 1390. The summed E-state index contributed by atoms with van der Waals surface area (Å²) >= 11 is 0. The quantitative estimate of drug-likeness (QED) is 0.0300. The Kier molecular flexibility index (Phi) is 22.0. The second-order valence-electron chi connectivity index (χ2n) is 12.6. The summed E-state index contributed by atoms with van der Waals surface area (Å²) in [6.45, 7) is 6.38. The van der Waals surface area contributed by atoms with Crippen LogP contribution in [0.2, 0.25) is 0 Å². The van der Waals surface area contributed by atoms with Crippen LogP contribution in [-0.4, -0.2) is 75.4 Å². The fourth-order valence-corrected chi connectivity index (χ4v) is 5.34. The zero-order valence-corrected chi connectivity index (χ0v) is 30.8. The van der Waals surface area contributed by atoms with Gasteiger partial charge < -0.3 is 34.8 Å². The molecule has 0 aliphatic rings. The maximum atomic E-state index is 13.7. The molecule has 1 aromatic carbocycles. The molecular weight excluding hydrogens is 674 g/mol. The monoisotopic (exact) mass is 729 g/mol. The summed E-state index contributed by atoms with van der Waals surface area (Å²) in [5, 5.41) is 32.9. The van der Waals surface area contributed by atoms with Gasteiger partial charge in [0.2, 0.25) is 12.2 Å². The van der Waals surface area contributed by atoms with Crippen LogP contribution in [0.5, 0.6) is 5.75 Å². The van der Waals surface area contributed by atoms with Gasteiger partial charge in [-0.3, -0.25) is 19.2 Å². The van der Waals surface area contributed by atoms with Crippen molar-refractivity contribution in [2.75, 3.05) is 6.61 Å². The van der Waals surface area contributed by atoms with Crippen LogP contribution < -0.4 is 10.1 Å². The maximum Gasteiger partial charge on any atom is 0.337 e. The lowest BCUT2D eigenvalue weighted by atomic mass is 9.82. The van der Waals surface area contributed by atoms with Gasteiger partial charge in [-0.05, 0) is 50.3 Å². The smallest absolute Gasteiger partial charge is 0.337 e. The molecule has 0 radical (unpaired) electrons. The first-order valence-corrected chi connectivity index (χ1v) is 17.9. The van der Waals surface area contributed by atoms with Gasteiger partial charge in [0.15, 0.2) is 5.60 Å². The molecule has 1 amide bonds. The molecule has 0 aliphatic heterocycles. The number of carbonyl (C=O) groups is 6. The fourth-order valence-electron chi connectivity index (χ4n) is 5.34. The molecule has 13 heteroatoms. The number of ketones is 1. The number of unbranched alkanes of at least 4 members (excludes halogenated alkanes) is 8. The molecule has 13 nitrogen and oxygen atoms in total. The highest BCUT2D eigenvalue weighted by Crippen LogP contribution is 2.26. The van der Waals surface area contributed by atoms with Crippen molar-refractivity contribution in [1.29, 1.82) is 0 Å². The molecule has 0 spiro atoms. The van der Waals surface area contributed by atoms with Crippen LogP contribution >= 0.6 is 0 Å². The van der Waals surface area contributed by atoms with Crippen molar-refractivity contribution < 1.29 is 58.3 Å². The lowest BCUT2D eigenvalue weighted by Gasteiger charge is -2.30. The first kappa shape index (κ1) is 45.3. The van der Waals surface area contributed by atoms with Crippen LogP contribution in [0.15, 0.2) is 36.4 Å². The van der Waals surface area contributed by atoms with Crippen LogP contribution in [0.3, 0.4) is 0 Å². The minimum absolute atomic E-state index is 0.160. The maximum absolute atomic E-state index is 13.7. The number of hydrogen-bond donors (Lipinski definition) is 4. The predicted molar refractivity (Wildman–Crippen MR) is 192 cm³/mol. The summed E-state index contributed by atoms with van der Waals surface area (Å²) in [6, 6.07) is 5.01. The van der Waals surface area contributed by atoms with E-state index in [1.54, 1.807) is 31.2 Å². The van der Waals surface area contributed by atoms with Gasteiger partial charge >= 0.3 is 23.9 Å². The van der Waals surface area contributed by atoms with Gasteiger partial charge in [0.05, 0.1) is 12.3 Å². The molecule has 4 atom stereocenters. The third kappa shape index (κ3) is 18.5. The minimum Gasteiger partial charge on any atom is -0.481 e. The molecule has 1 unspecified atom stereocenters. The molecule has 0 heterocycles. The summed E-state index contributed by atoms with van der Waals surface area (Å²) in [5.41, 5.74) is -2.54. The number of aliphatic hydroxyl groups is 1. The molecule has 288 valence electrons. The van der Waals surface area contributed by atoms with Crippen molar-refractivity contribution in [2.45, 2.75) is 136 Å². The molecule has 0 saturated carbocycles. The lowest BCUT2D eigenvalue weighted by Crippen LogP contribution is -2.55. The van der Waals surface area contributed by atoms with E-state index in [2.05, 4.69) is 24.1 Å². The highest BCUT2D eigenvalue weighted by Gasteiger charge is 2.49. The van der Waals surface area contributed by atoms with Gasteiger partial charge in [-0.1, -0.05) is 75.7 Å². The zero-order chi connectivity index (χ0) is 38.9. The normalized spacial score (nSPS) is 13.8. The van der Waals surface area contributed by atoms with E-state index in [1.807, 2.05) is 0 Å². The Morgan fingerprint density at radius 2 is 1.52 bits per heavy atom. The molecule has 1 aromatic rings. The average molecular weight is 730 g/mol. The van der Waals surface area contributed by atoms with Gasteiger partial charge in [-0.2, -0.15) is 0 Å². The van der Waals surface area contributed by atoms with Crippen molar-refractivity contribution in [3.05, 3.63) is 42.0 Å². The third-order valence-electron chi connectivity index (χ3n) is 8.12.